The maximum absolute atomic E-state index is 11.2. The van der Waals surface area contributed by atoms with Crippen molar-refractivity contribution in [2.24, 2.45) is 40.0 Å². The molecule has 7 unspecified atom stereocenters. The van der Waals surface area contributed by atoms with Gasteiger partial charge in [0.25, 0.3) is 0 Å². The molecule has 238 valence electrons. The summed E-state index contributed by atoms with van der Waals surface area (Å²) in [5, 5.41) is -0.386. The van der Waals surface area contributed by atoms with Gasteiger partial charge in [-0.1, -0.05) is 70.9 Å². The molecule has 6 heteroatoms. The zero-order valence-electron chi connectivity index (χ0n) is 27.1. The maximum Gasteiger partial charge on any atom is 0.117 e. The molecule has 5 aliphatic rings. The van der Waals surface area contributed by atoms with E-state index >= 15 is 0 Å². The Kier molecular flexibility index (Phi) is 10.7. The zero-order valence-corrected chi connectivity index (χ0v) is 27.9. The second-order valence-electron chi connectivity index (χ2n) is 14.6. The van der Waals surface area contributed by atoms with Crippen LogP contribution in [0.1, 0.15) is 98.8 Å². The van der Waals surface area contributed by atoms with Crippen LogP contribution in [0, 0.1) is 35.0 Å². The van der Waals surface area contributed by atoms with Gasteiger partial charge in [0.15, 0.2) is 0 Å². The normalized spacial score (nSPS) is 36.9. The van der Waals surface area contributed by atoms with Gasteiger partial charge >= 0.3 is 0 Å². The van der Waals surface area contributed by atoms with Crippen LogP contribution in [0.15, 0.2) is 65.4 Å². The predicted molar refractivity (Wildman–Crippen MR) is 177 cm³/mol. The molecule has 1 aliphatic heterocycles. The van der Waals surface area contributed by atoms with Crippen molar-refractivity contribution in [3.05, 3.63) is 60.4 Å². The fraction of sp³-hybridized carbons (Fsp3) is 0.703. The Morgan fingerprint density at radius 2 is 1.63 bits per heavy atom. The fourth-order valence-electron chi connectivity index (χ4n) is 7.88. The van der Waals surface area contributed by atoms with Gasteiger partial charge < -0.3 is 14.0 Å². The smallest absolute Gasteiger partial charge is 0.117 e. The molecule has 0 aromatic heterocycles. The van der Waals surface area contributed by atoms with Crippen molar-refractivity contribution in [2.75, 3.05) is 6.54 Å². The maximum atomic E-state index is 11.2. The van der Waals surface area contributed by atoms with E-state index in [1.54, 1.807) is 6.08 Å². The van der Waals surface area contributed by atoms with E-state index in [9.17, 15) is 8.76 Å². The van der Waals surface area contributed by atoms with Gasteiger partial charge in [0.2, 0.25) is 0 Å². The molecule has 4 aliphatic carbocycles. The first kappa shape index (κ1) is 32.6. The van der Waals surface area contributed by atoms with E-state index in [0.717, 1.165) is 62.0 Å². The Labute approximate surface area is 263 Å². The van der Waals surface area contributed by atoms with E-state index < -0.39 is 11.1 Å². The summed E-state index contributed by atoms with van der Waals surface area (Å²) in [5.41, 5.74) is 1.20. The van der Waals surface area contributed by atoms with Crippen molar-refractivity contribution in [1.29, 1.82) is 0 Å². The van der Waals surface area contributed by atoms with E-state index in [4.69, 9.17) is 14.5 Å². The van der Waals surface area contributed by atoms with Crippen LogP contribution in [-0.2, 0) is 20.6 Å². The lowest BCUT2D eigenvalue weighted by atomic mass is 9.60. The number of nitrogens with zero attached hydrogens (tertiary/aromatic N) is 1. The minimum atomic E-state index is -2.05. The highest BCUT2D eigenvalue weighted by molar-refractivity contribution is 7.80. The van der Waals surface area contributed by atoms with Crippen LogP contribution < -0.4 is 0 Å². The van der Waals surface area contributed by atoms with Crippen LogP contribution in [0.3, 0.4) is 0 Å². The molecule has 0 spiro atoms. The zero-order chi connectivity index (χ0) is 30.6. The monoisotopic (exact) mass is 608 g/mol. The van der Waals surface area contributed by atoms with Crippen LogP contribution in [0.5, 0.6) is 0 Å². The van der Waals surface area contributed by atoms with Crippen LogP contribution >= 0.6 is 0 Å². The average Bonchev–Trinajstić information content (AvgIpc) is 3.02. The number of hydrogen-bond acceptors (Lipinski definition) is 5. The molecule has 0 bridgehead atoms. The summed E-state index contributed by atoms with van der Waals surface area (Å²) >= 11 is -2.05. The summed E-state index contributed by atoms with van der Waals surface area (Å²) in [6, 6.07) is 0. The van der Waals surface area contributed by atoms with Gasteiger partial charge in [-0.3, -0.25) is 9.20 Å². The minimum Gasteiger partial charge on any atom is -0.772 e. The lowest BCUT2D eigenvalue weighted by molar-refractivity contribution is -0.163. The van der Waals surface area contributed by atoms with E-state index in [1.165, 1.54) is 25.7 Å². The molecule has 0 radical (unpaired) electrons. The quantitative estimate of drug-likeness (QED) is 0.184. The molecular formula is C37H54NO4S-. The Morgan fingerprint density at radius 1 is 0.884 bits per heavy atom. The Morgan fingerprint density at radius 3 is 2.19 bits per heavy atom. The summed E-state index contributed by atoms with van der Waals surface area (Å²) in [5.74, 6) is 3.73. The highest BCUT2D eigenvalue weighted by atomic mass is 32.2. The first-order chi connectivity index (χ1) is 20.6. The lowest BCUT2D eigenvalue weighted by Gasteiger charge is -2.51. The molecule has 5 nitrogen and oxygen atoms in total. The average molecular weight is 609 g/mol. The molecule has 8 atom stereocenters. The molecular weight excluding hydrogens is 554 g/mol. The van der Waals surface area contributed by atoms with Crippen molar-refractivity contribution in [3.63, 3.8) is 0 Å². The van der Waals surface area contributed by atoms with Crippen LogP contribution in [0.25, 0.3) is 0 Å². The summed E-state index contributed by atoms with van der Waals surface area (Å²) in [6.07, 6.45) is 30.4. The Hall–Kier alpha value is -1.76. The lowest BCUT2D eigenvalue weighted by Crippen LogP contribution is -2.51. The van der Waals surface area contributed by atoms with Crippen molar-refractivity contribution in [2.45, 2.75) is 122 Å². The predicted octanol–water partition coefficient (Wildman–Crippen LogP) is 8.43. The minimum absolute atomic E-state index is 0.0588. The van der Waals surface area contributed by atoms with Gasteiger partial charge in [0.05, 0.1) is 11.7 Å². The topological polar surface area (TPSA) is 71.0 Å². The van der Waals surface area contributed by atoms with Gasteiger partial charge in [-0.05, 0) is 117 Å². The van der Waals surface area contributed by atoms with Gasteiger partial charge in [-0.25, -0.2) is 0 Å². The van der Waals surface area contributed by atoms with Gasteiger partial charge in [0.1, 0.15) is 11.9 Å². The third kappa shape index (κ3) is 7.73. The SMILES string of the molecule is CCC(C)(OC1C=CC(C2C=CC(C3C=CC(OC4C=C[C@@H](S(=O)[O-])CC4)=CC3)=NC2)CC1)C(C)(C)C1CCC(C)CC1. The standard InChI is InChI=1S/C37H55NO4S/c1-6-37(5,36(3,4)30-14-7-26(2)8-15-30)42-33-18-9-27(10-19-33)29-13-24-35(38-25-29)28-11-16-31(17-12-28)41-32-20-22-34(23-21-32)43(39)40/h9,11,13,16-18,20,22,24,26-30,32-34H,6-8,10,12,14-15,19,21,23,25H2,1-5H3,(H,39,40)/p-1/t26?,27?,28?,29?,30?,32?,33?,34-,37?/m1/s1. The van der Waals surface area contributed by atoms with E-state index in [2.05, 4.69) is 71.1 Å². The Bertz CT molecular complexity index is 1170. The molecule has 0 saturated heterocycles. The third-order valence-corrected chi connectivity index (χ3v) is 12.5. The van der Waals surface area contributed by atoms with Crippen LogP contribution in [-0.4, -0.2) is 44.1 Å². The van der Waals surface area contributed by atoms with Crippen molar-refractivity contribution < 1.29 is 18.2 Å². The number of rotatable bonds is 10. The van der Waals surface area contributed by atoms with E-state index in [1.807, 2.05) is 12.2 Å². The second kappa shape index (κ2) is 14.1. The summed E-state index contributed by atoms with van der Waals surface area (Å²) in [7, 11) is 0. The number of aliphatic imine (C=N–C) groups is 1. The molecule has 0 N–H and O–H groups in total. The highest BCUT2D eigenvalue weighted by Crippen LogP contribution is 2.50. The first-order valence-corrected chi connectivity index (χ1v) is 18.1. The van der Waals surface area contributed by atoms with Crippen molar-refractivity contribution >= 4 is 16.8 Å². The summed E-state index contributed by atoms with van der Waals surface area (Å²) in [6.45, 7) is 12.9. The van der Waals surface area contributed by atoms with Crippen LogP contribution in [0.4, 0.5) is 0 Å². The molecule has 5 rings (SSSR count). The summed E-state index contributed by atoms with van der Waals surface area (Å²) in [4.78, 5) is 5.03. The molecule has 1 fully saturated rings. The first-order valence-electron chi connectivity index (χ1n) is 17.0. The second-order valence-corrected chi connectivity index (χ2v) is 15.7. The van der Waals surface area contributed by atoms with Crippen molar-refractivity contribution in [3.8, 4) is 0 Å². The number of hydrogen-bond donors (Lipinski definition) is 0. The molecule has 0 aromatic carbocycles. The van der Waals surface area contributed by atoms with Gasteiger partial charge in [-0.15, -0.1) is 0 Å². The fourth-order valence-corrected chi connectivity index (χ4v) is 8.43. The number of allylic oxidation sites excluding steroid dienone is 5. The molecule has 0 amide bonds. The van der Waals surface area contributed by atoms with Crippen molar-refractivity contribution in [1.82, 2.24) is 0 Å². The van der Waals surface area contributed by atoms with E-state index in [-0.39, 0.29) is 34.4 Å². The largest absolute Gasteiger partial charge is 0.772 e. The third-order valence-electron chi connectivity index (χ3n) is 11.6. The number of dihydropyridines is 1. The molecule has 0 aromatic rings. The van der Waals surface area contributed by atoms with E-state index in [0.29, 0.717) is 18.3 Å². The van der Waals surface area contributed by atoms with Gasteiger partial charge in [0, 0.05) is 29.3 Å². The summed E-state index contributed by atoms with van der Waals surface area (Å²) < 4.78 is 35.4. The highest BCUT2D eigenvalue weighted by Gasteiger charge is 2.47. The Balaban J connectivity index is 1.09. The van der Waals surface area contributed by atoms with Gasteiger partial charge in [-0.2, -0.15) is 0 Å². The van der Waals surface area contributed by atoms with Crippen LogP contribution in [0.2, 0.25) is 0 Å². The number of ether oxygens (including phenoxy) is 2. The molecule has 43 heavy (non-hydrogen) atoms. The molecule has 1 heterocycles. The molecule has 1 saturated carbocycles.